The minimum Gasteiger partial charge on any atom is -0.858 e. The third kappa shape index (κ3) is 5.58. The first-order valence-corrected chi connectivity index (χ1v) is 8.92. The molecule has 0 aromatic carbocycles. The van der Waals surface area contributed by atoms with Crippen molar-refractivity contribution in [1.82, 2.24) is 9.55 Å². The van der Waals surface area contributed by atoms with E-state index in [-0.39, 0.29) is 0 Å². The van der Waals surface area contributed by atoms with Crippen LogP contribution in [0.3, 0.4) is 0 Å². The highest BCUT2D eigenvalue weighted by atomic mass is 31.2. The van der Waals surface area contributed by atoms with E-state index >= 15 is 0 Å². The Hall–Kier alpha value is -2.31. The summed E-state index contributed by atoms with van der Waals surface area (Å²) in [5.41, 5.74) is -1.04. The average Bonchev–Trinajstić information content (AvgIpc) is 2.81. The monoisotopic (exact) mass is 406 g/mol. The fourth-order valence-corrected chi connectivity index (χ4v) is 2.81. The predicted octanol–water partition coefficient (Wildman–Crippen LogP) is -2.44. The molecular weight excluding hydrogens is 391 g/mol. The Kier molecular flexibility index (Phi) is 6.34. The van der Waals surface area contributed by atoms with Crippen molar-refractivity contribution in [2.45, 2.75) is 38.4 Å². The number of hydrogen-bond donors (Lipinski definition) is 1. The van der Waals surface area contributed by atoms with E-state index in [2.05, 4.69) is 9.51 Å². The number of aromatic nitrogens is 2. The van der Waals surface area contributed by atoms with Crippen LogP contribution in [0, 0.1) is 0 Å². The number of phosphoric ester groups is 1. The molecule has 0 spiro atoms. The Morgan fingerprint density at radius 1 is 1.33 bits per heavy atom. The maximum absolute atomic E-state index is 12.0. The molecular formula is C13H15N2O11P-2. The maximum Gasteiger partial charge on any atom is 0.349 e. The first-order chi connectivity index (χ1) is 12.5. The lowest BCUT2D eigenvalue weighted by Gasteiger charge is -2.24. The van der Waals surface area contributed by atoms with Crippen molar-refractivity contribution < 1.29 is 47.8 Å². The minimum atomic E-state index is -5.13. The van der Waals surface area contributed by atoms with Gasteiger partial charge in [-0.2, -0.15) is 0 Å². The maximum atomic E-state index is 12.0. The van der Waals surface area contributed by atoms with Gasteiger partial charge in [0, 0.05) is 20.0 Å². The number of carbonyl (C=O) groups excluding carboxylic acids is 2. The molecule has 5 atom stereocenters. The lowest BCUT2D eigenvalue weighted by atomic mass is 10.1. The highest BCUT2D eigenvalue weighted by Gasteiger charge is 2.50. The summed E-state index contributed by atoms with van der Waals surface area (Å²) in [4.78, 5) is 57.5. The van der Waals surface area contributed by atoms with Crippen LogP contribution in [-0.2, 0) is 32.9 Å². The quantitative estimate of drug-likeness (QED) is 0.388. The molecule has 1 unspecified atom stereocenters. The number of esters is 2. The highest BCUT2D eigenvalue weighted by Crippen LogP contribution is 2.37. The van der Waals surface area contributed by atoms with E-state index in [4.69, 9.17) is 19.1 Å². The lowest BCUT2D eigenvalue weighted by molar-refractivity contribution is -0.275. The summed E-state index contributed by atoms with van der Waals surface area (Å²) in [6, 6.07) is 0.944. The van der Waals surface area contributed by atoms with Gasteiger partial charge < -0.3 is 33.6 Å². The Morgan fingerprint density at radius 2 is 1.93 bits per heavy atom. The van der Waals surface area contributed by atoms with E-state index < -0.39 is 62.5 Å². The van der Waals surface area contributed by atoms with Crippen LogP contribution < -0.4 is 15.7 Å². The van der Waals surface area contributed by atoms with Crippen molar-refractivity contribution in [2.75, 3.05) is 6.61 Å². The fourth-order valence-electron chi connectivity index (χ4n) is 2.48. The van der Waals surface area contributed by atoms with E-state index in [1.54, 1.807) is 0 Å². The second-order valence-electron chi connectivity index (χ2n) is 5.43. The van der Waals surface area contributed by atoms with E-state index in [0.717, 1.165) is 30.7 Å². The van der Waals surface area contributed by atoms with Crippen LogP contribution in [0.4, 0.5) is 0 Å². The molecule has 14 heteroatoms. The molecule has 1 aliphatic heterocycles. The molecule has 1 saturated heterocycles. The summed E-state index contributed by atoms with van der Waals surface area (Å²) < 4.78 is 31.5. The molecule has 150 valence electrons. The van der Waals surface area contributed by atoms with Gasteiger partial charge in [-0.3, -0.25) is 18.7 Å². The van der Waals surface area contributed by atoms with E-state index in [0.29, 0.717) is 0 Å². The van der Waals surface area contributed by atoms with Gasteiger partial charge >= 0.3 is 17.6 Å². The molecule has 0 amide bonds. The van der Waals surface area contributed by atoms with Gasteiger partial charge in [-0.15, -0.1) is 0 Å². The summed E-state index contributed by atoms with van der Waals surface area (Å²) in [6.45, 7) is 1.29. The molecule has 0 saturated carbocycles. The Morgan fingerprint density at radius 3 is 2.44 bits per heavy atom. The number of nitrogens with zero attached hydrogens (tertiary/aromatic N) is 2. The normalized spacial score (nSPS) is 27.0. The number of carbonyl (C=O) groups is 2. The van der Waals surface area contributed by atoms with Crippen molar-refractivity contribution in [3.05, 3.63) is 22.7 Å². The summed E-state index contributed by atoms with van der Waals surface area (Å²) in [5, 5.41) is 11.2. The van der Waals surface area contributed by atoms with Crippen molar-refractivity contribution in [2.24, 2.45) is 0 Å². The van der Waals surface area contributed by atoms with Crippen LogP contribution in [0.5, 0.6) is 5.88 Å². The molecule has 1 aromatic heterocycles. The third-order valence-corrected chi connectivity index (χ3v) is 3.85. The standard InChI is InChI=1S/C13H17N2O11P/c1-6(16)24-10-8(5-23-27(20,21)22)26-12(11(10)25-7(2)17)15-4-3-9(18)14-13(15)19/h3-4,8,10-12H,5H2,1-2H3,(H,14,18,19)(H2,20,21,22)/p-2/t8-,10-,11-,12-/m1/s1. The first kappa shape index (κ1) is 21.0. The zero-order valence-electron chi connectivity index (χ0n) is 14.0. The topological polar surface area (TPSA) is 189 Å². The lowest BCUT2D eigenvalue weighted by Crippen LogP contribution is -2.41. The summed E-state index contributed by atoms with van der Waals surface area (Å²) in [5.74, 6) is -2.45. The van der Waals surface area contributed by atoms with Gasteiger partial charge in [0.2, 0.25) is 0 Å². The second kappa shape index (κ2) is 8.15. The largest absolute Gasteiger partial charge is 0.858 e. The van der Waals surface area contributed by atoms with Gasteiger partial charge in [-0.1, -0.05) is 0 Å². The molecule has 27 heavy (non-hydrogen) atoms. The molecule has 2 rings (SSSR count). The smallest absolute Gasteiger partial charge is 0.349 e. The highest BCUT2D eigenvalue weighted by molar-refractivity contribution is 7.44. The van der Waals surface area contributed by atoms with E-state index in [1.807, 2.05) is 0 Å². The van der Waals surface area contributed by atoms with Crippen molar-refractivity contribution >= 4 is 19.8 Å². The molecule has 0 radical (unpaired) electrons. The van der Waals surface area contributed by atoms with Gasteiger partial charge in [0.15, 0.2) is 18.4 Å². The van der Waals surface area contributed by atoms with Crippen LogP contribution in [0.1, 0.15) is 20.1 Å². The third-order valence-electron chi connectivity index (χ3n) is 3.37. The van der Waals surface area contributed by atoms with E-state index in [9.17, 15) is 28.9 Å². The number of ether oxygens (including phenoxy) is 3. The molecule has 1 fully saturated rings. The van der Waals surface area contributed by atoms with Crippen molar-refractivity contribution in [3.63, 3.8) is 0 Å². The number of phosphoric acid groups is 1. The van der Waals surface area contributed by atoms with Crippen molar-refractivity contribution in [1.29, 1.82) is 0 Å². The summed E-state index contributed by atoms with van der Waals surface area (Å²) in [6.07, 6.45) is -4.48. The zero-order valence-corrected chi connectivity index (χ0v) is 14.9. The second-order valence-corrected chi connectivity index (χ2v) is 6.63. The van der Waals surface area contributed by atoms with Gasteiger partial charge in [-0.05, 0) is 11.9 Å². The van der Waals surface area contributed by atoms with E-state index in [1.165, 1.54) is 0 Å². The number of hydrogen-bond acceptors (Lipinski definition) is 11. The minimum absolute atomic E-state index is 0.800. The Labute approximate surface area is 151 Å². The SMILES string of the molecule is CC(=O)O[C@@H]1[C@H](OC(C)=O)[C@@H](COP(=O)([O-])O)O[C@H]1n1ccc([O-])nc1=O. The molecule has 1 N–H and O–H groups in total. The van der Waals surface area contributed by atoms with Gasteiger partial charge in [0.05, 0.1) is 6.61 Å². The molecule has 2 heterocycles. The van der Waals surface area contributed by atoms with Crippen LogP contribution >= 0.6 is 7.82 Å². The summed E-state index contributed by atoms with van der Waals surface area (Å²) >= 11 is 0. The first-order valence-electron chi connectivity index (χ1n) is 7.42. The Balaban J connectivity index is 2.41. The van der Waals surface area contributed by atoms with Crippen LogP contribution in [0.25, 0.3) is 0 Å². The fraction of sp³-hybridized carbons (Fsp3) is 0.538. The van der Waals surface area contributed by atoms with Crippen LogP contribution in [0.2, 0.25) is 0 Å². The van der Waals surface area contributed by atoms with Gasteiger partial charge in [0.1, 0.15) is 6.10 Å². The number of rotatable bonds is 6. The molecule has 13 nitrogen and oxygen atoms in total. The van der Waals surface area contributed by atoms with Crippen LogP contribution in [0.15, 0.2) is 17.1 Å². The zero-order chi connectivity index (χ0) is 20.4. The molecule has 1 aromatic rings. The molecule has 0 bridgehead atoms. The predicted molar refractivity (Wildman–Crippen MR) is 78.7 cm³/mol. The average molecular weight is 406 g/mol. The van der Waals surface area contributed by atoms with Gasteiger partial charge in [0.25, 0.3) is 7.82 Å². The summed E-state index contributed by atoms with van der Waals surface area (Å²) in [7, 11) is -5.13. The van der Waals surface area contributed by atoms with Gasteiger partial charge in [-0.25, -0.2) is 9.78 Å². The van der Waals surface area contributed by atoms with Crippen molar-refractivity contribution in [3.8, 4) is 5.88 Å². The Bertz CT molecular complexity index is 819. The molecule has 1 aliphatic rings. The molecule has 0 aliphatic carbocycles. The van der Waals surface area contributed by atoms with Crippen LogP contribution in [-0.4, -0.2) is 51.3 Å².